The van der Waals surface area contributed by atoms with Gasteiger partial charge in [-0.25, -0.2) is 4.79 Å². The molecule has 0 unspecified atom stereocenters. The molecule has 0 aliphatic heterocycles. The molecule has 0 N–H and O–H groups in total. The second-order valence-electron chi connectivity index (χ2n) is 4.19. The maximum atomic E-state index is 11.5. The summed E-state index contributed by atoms with van der Waals surface area (Å²) in [5, 5.41) is 0. The van der Waals surface area contributed by atoms with Gasteiger partial charge in [-0.05, 0) is 25.3 Å². The fourth-order valence-electron chi connectivity index (χ4n) is 1.50. The van der Waals surface area contributed by atoms with E-state index in [1.54, 1.807) is 6.08 Å². The van der Waals surface area contributed by atoms with Crippen LogP contribution in [0.4, 0.5) is 0 Å². The smallest absolute Gasteiger partial charge is 0.331 e. The normalized spacial score (nSPS) is 11.3. The van der Waals surface area contributed by atoms with Gasteiger partial charge >= 0.3 is 5.97 Å². The lowest BCUT2D eigenvalue weighted by Gasteiger charge is -2.03. The molecular formula is C15H20O2. The van der Waals surface area contributed by atoms with Gasteiger partial charge in [-0.15, -0.1) is 0 Å². The van der Waals surface area contributed by atoms with Crippen molar-refractivity contribution in [3.8, 4) is 0 Å². The van der Waals surface area contributed by atoms with Crippen LogP contribution in [0.5, 0.6) is 0 Å². The molecule has 0 spiro atoms. The molecule has 2 heteroatoms. The largest absolute Gasteiger partial charge is 0.458 e. The number of rotatable bonds is 6. The van der Waals surface area contributed by atoms with Gasteiger partial charge in [0.05, 0.1) is 0 Å². The highest BCUT2D eigenvalue weighted by Gasteiger charge is 2.00. The number of esters is 1. The summed E-state index contributed by atoms with van der Waals surface area (Å²) in [5.41, 5.74) is 2.10. The third-order valence-corrected chi connectivity index (χ3v) is 2.51. The SMILES string of the molecule is CCCCC(C)=CC(=O)OCc1ccccc1. The molecule has 0 aliphatic rings. The summed E-state index contributed by atoms with van der Waals surface area (Å²) < 4.78 is 5.16. The van der Waals surface area contributed by atoms with E-state index in [0.29, 0.717) is 6.61 Å². The quantitative estimate of drug-likeness (QED) is 0.550. The molecule has 0 saturated heterocycles. The zero-order valence-corrected chi connectivity index (χ0v) is 10.6. The number of carbonyl (C=O) groups excluding carboxylic acids is 1. The molecule has 0 heterocycles. The van der Waals surface area contributed by atoms with Crippen LogP contribution in [0.3, 0.4) is 0 Å². The van der Waals surface area contributed by atoms with E-state index in [1.807, 2.05) is 37.3 Å². The lowest BCUT2D eigenvalue weighted by atomic mass is 10.1. The highest BCUT2D eigenvalue weighted by Crippen LogP contribution is 2.07. The first-order valence-corrected chi connectivity index (χ1v) is 6.10. The van der Waals surface area contributed by atoms with Crippen molar-refractivity contribution in [1.82, 2.24) is 0 Å². The molecule has 0 fully saturated rings. The number of hydrogen-bond acceptors (Lipinski definition) is 2. The number of ether oxygens (including phenoxy) is 1. The van der Waals surface area contributed by atoms with E-state index in [4.69, 9.17) is 4.74 Å². The van der Waals surface area contributed by atoms with E-state index in [-0.39, 0.29) is 5.97 Å². The summed E-state index contributed by atoms with van der Waals surface area (Å²) in [6.45, 7) is 4.46. The van der Waals surface area contributed by atoms with Crippen LogP contribution in [-0.4, -0.2) is 5.97 Å². The minimum atomic E-state index is -0.248. The van der Waals surface area contributed by atoms with Gasteiger partial charge < -0.3 is 4.74 Å². The minimum absolute atomic E-state index is 0.248. The van der Waals surface area contributed by atoms with E-state index in [9.17, 15) is 4.79 Å². The van der Waals surface area contributed by atoms with Crippen molar-refractivity contribution >= 4 is 5.97 Å². The summed E-state index contributed by atoms with van der Waals surface area (Å²) in [4.78, 5) is 11.5. The van der Waals surface area contributed by atoms with Crippen molar-refractivity contribution in [3.63, 3.8) is 0 Å². The van der Waals surface area contributed by atoms with Gasteiger partial charge in [0.15, 0.2) is 0 Å². The van der Waals surface area contributed by atoms with Gasteiger partial charge in [-0.2, -0.15) is 0 Å². The van der Waals surface area contributed by atoms with Crippen LogP contribution in [0.15, 0.2) is 42.0 Å². The molecule has 1 aromatic rings. The molecule has 0 amide bonds. The lowest BCUT2D eigenvalue weighted by Crippen LogP contribution is -2.01. The van der Waals surface area contributed by atoms with Gasteiger partial charge in [-0.1, -0.05) is 49.2 Å². The Hall–Kier alpha value is -1.57. The Morgan fingerprint density at radius 2 is 2.00 bits per heavy atom. The molecule has 0 aliphatic carbocycles. The van der Waals surface area contributed by atoms with Crippen molar-refractivity contribution in [2.75, 3.05) is 0 Å². The molecule has 0 bridgehead atoms. The van der Waals surface area contributed by atoms with Gasteiger partial charge in [0.2, 0.25) is 0 Å². The van der Waals surface area contributed by atoms with Gasteiger partial charge in [0, 0.05) is 6.08 Å². The summed E-state index contributed by atoms with van der Waals surface area (Å²) in [7, 11) is 0. The second-order valence-corrected chi connectivity index (χ2v) is 4.19. The molecule has 17 heavy (non-hydrogen) atoms. The highest BCUT2D eigenvalue weighted by atomic mass is 16.5. The molecule has 2 nitrogen and oxygen atoms in total. The van der Waals surface area contributed by atoms with Crippen molar-refractivity contribution in [1.29, 1.82) is 0 Å². The van der Waals surface area contributed by atoms with Crippen molar-refractivity contribution in [3.05, 3.63) is 47.5 Å². The Morgan fingerprint density at radius 3 is 2.65 bits per heavy atom. The average Bonchev–Trinajstić information content (AvgIpc) is 2.35. The van der Waals surface area contributed by atoms with Crippen LogP contribution in [0.1, 0.15) is 38.7 Å². The lowest BCUT2D eigenvalue weighted by molar-refractivity contribution is -0.139. The fourth-order valence-corrected chi connectivity index (χ4v) is 1.50. The van der Waals surface area contributed by atoms with E-state index in [0.717, 1.165) is 30.4 Å². The zero-order valence-electron chi connectivity index (χ0n) is 10.6. The summed E-state index contributed by atoms with van der Waals surface area (Å²) in [6.07, 6.45) is 4.83. The first kappa shape index (κ1) is 13.5. The molecule has 92 valence electrons. The van der Waals surface area contributed by atoms with Crippen LogP contribution in [0.2, 0.25) is 0 Å². The van der Waals surface area contributed by atoms with E-state index in [2.05, 4.69) is 6.92 Å². The fraction of sp³-hybridized carbons (Fsp3) is 0.400. The predicted molar refractivity (Wildman–Crippen MR) is 69.5 cm³/mol. The van der Waals surface area contributed by atoms with Crippen LogP contribution in [-0.2, 0) is 16.1 Å². The molecule has 0 atom stereocenters. The Bertz CT molecular complexity index is 366. The van der Waals surface area contributed by atoms with Crippen molar-refractivity contribution in [2.45, 2.75) is 39.7 Å². The summed E-state index contributed by atoms with van der Waals surface area (Å²) >= 11 is 0. The summed E-state index contributed by atoms with van der Waals surface area (Å²) in [5.74, 6) is -0.248. The number of carbonyl (C=O) groups is 1. The van der Waals surface area contributed by atoms with Crippen LogP contribution in [0.25, 0.3) is 0 Å². The predicted octanol–water partition coefficient (Wildman–Crippen LogP) is 3.87. The molecule has 1 rings (SSSR count). The molecular weight excluding hydrogens is 212 g/mol. The number of unbranched alkanes of at least 4 members (excludes halogenated alkanes) is 1. The number of allylic oxidation sites excluding steroid dienone is 1. The van der Waals surface area contributed by atoms with Crippen molar-refractivity contribution < 1.29 is 9.53 Å². The molecule has 1 aromatic carbocycles. The standard InChI is InChI=1S/C15H20O2/c1-3-4-8-13(2)11-15(16)17-12-14-9-6-5-7-10-14/h5-7,9-11H,3-4,8,12H2,1-2H3. The third kappa shape index (κ3) is 5.91. The van der Waals surface area contributed by atoms with Gasteiger partial charge in [-0.3, -0.25) is 0 Å². The Morgan fingerprint density at radius 1 is 1.29 bits per heavy atom. The highest BCUT2D eigenvalue weighted by molar-refractivity contribution is 5.82. The Balaban J connectivity index is 2.35. The van der Waals surface area contributed by atoms with Gasteiger partial charge in [0.1, 0.15) is 6.61 Å². The zero-order chi connectivity index (χ0) is 12.5. The van der Waals surface area contributed by atoms with E-state index in [1.165, 1.54) is 0 Å². The molecule has 0 aromatic heterocycles. The van der Waals surface area contributed by atoms with E-state index >= 15 is 0 Å². The van der Waals surface area contributed by atoms with Gasteiger partial charge in [0.25, 0.3) is 0 Å². The molecule has 0 radical (unpaired) electrons. The maximum Gasteiger partial charge on any atom is 0.331 e. The third-order valence-electron chi connectivity index (χ3n) is 2.51. The van der Waals surface area contributed by atoms with E-state index < -0.39 is 0 Å². The van der Waals surface area contributed by atoms with Crippen LogP contribution in [0, 0.1) is 0 Å². The first-order chi connectivity index (χ1) is 8.22. The Labute approximate surface area is 103 Å². The number of benzene rings is 1. The Kier molecular flexibility index (Phi) is 6.08. The number of hydrogen-bond donors (Lipinski definition) is 0. The average molecular weight is 232 g/mol. The van der Waals surface area contributed by atoms with Crippen molar-refractivity contribution in [2.24, 2.45) is 0 Å². The first-order valence-electron chi connectivity index (χ1n) is 6.10. The summed E-state index contributed by atoms with van der Waals surface area (Å²) in [6, 6.07) is 9.71. The second kappa shape index (κ2) is 7.66. The minimum Gasteiger partial charge on any atom is -0.458 e. The van der Waals surface area contributed by atoms with Crippen LogP contribution >= 0.6 is 0 Å². The topological polar surface area (TPSA) is 26.3 Å². The molecule has 0 saturated carbocycles. The maximum absolute atomic E-state index is 11.5. The monoisotopic (exact) mass is 232 g/mol. The van der Waals surface area contributed by atoms with Crippen LogP contribution < -0.4 is 0 Å².